The van der Waals surface area contributed by atoms with Crippen LogP contribution >= 0.6 is 0 Å². The second-order valence-corrected chi connectivity index (χ2v) is 6.56. The second kappa shape index (κ2) is 7.42. The third-order valence-electron chi connectivity index (χ3n) is 5.20. The van der Waals surface area contributed by atoms with Crippen LogP contribution < -0.4 is 5.32 Å². The third-order valence-corrected chi connectivity index (χ3v) is 5.20. The minimum atomic E-state index is -0.159. The lowest BCUT2D eigenvalue weighted by atomic mass is 9.78. The molecular formula is C19H31NO. The Labute approximate surface area is 130 Å². The van der Waals surface area contributed by atoms with Gasteiger partial charge in [0.15, 0.2) is 0 Å². The van der Waals surface area contributed by atoms with Gasteiger partial charge in [0, 0.05) is 7.11 Å². The molecule has 1 aliphatic carbocycles. The Balaban J connectivity index is 2.26. The van der Waals surface area contributed by atoms with E-state index < -0.39 is 0 Å². The molecule has 2 heteroatoms. The molecule has 118 valence electrons. The SMILES string of the molecule is CCCNC(c1cccc(C2CCC2)c1)C(C)(CC)OC. The molecule has 0 amide bonds. The van der Waals surface area contributed by atoms with Crippen LogP contribution in [0.4, 0.5) is 0 Å². The van der Waals surface area contributed by atoms with Gasteiger partial charge in [0.25, 0.3) is 0 Å². The fraction of sp³-hybridized carbons (Fsp3) is 0.684. The fourth-order valence-corrected chi connectivity index (χ4v) is 3.18. The van der Waals surface area contributed by atoms with Crippen LogP contribution in [-0.4, -0.2) is 19.3 Å². The first-order valence-corrected chi connectivity index (χ1v) is 8.53. The standard InChI is InChI=1S/C19H31NO/c1-5-13-20-18(19(3,6-2)21-4)17-12-8-11-16(14-17)15-9-7-10-15/h8,11-12,14-15,18,20H,5-7,9-10,13H2,1-4H3. The summed E-state index contributed by atoms with van der Waals surface area (Å²) >= 11 is 0. The summed E-state index contributed by atoms with van der Waals surface area (Å²) in [5.41, 5.74) is 2.73. The molecule has 2 rings (SSSR count). The summed E-state index contributed by atoms with van der Waals surface area (Å²) in [6.07, 6.45) is 6.23. The van der Waals surface area contributed by atoms with Crippen LogP contribution in [0, 0.1) is 0 Å². The van der Waals surface area contributed by atoms with E-state index in [4.69, 9.17) is 4.74 Å². The zero-order valence-corrected chi connectivity index (χ0v) is 14.1. The fourth-order valence-electron chi connectivity index (χ4n) is 3.18. The summed E-state index contributed by atoms with van der Waals surface area (Å²) in [6.45, 7) is 7.67. The molecule has 21 heavy (non-hydrogen) atoms. The first-order valence-electron chi connectivity index (χ1n) is 8.53. The molecule has 1 aromatic rings. The van der Waals surface area contributed by atoms with Crippen LogP contribution in [0.5, 0.6) is 0 Å². The van der Waals surface area contributed by atoms with Crippen LogP contribution in [0.1, 0.15) is 76.0 Å². The summed E-state index contributed by atoms with van der Waals surface area (Å²) in [5.74, 6) is 0.784. The lowest BCUT2D eigenvalue weighted by Crippen LogP contribution is -2.43. The molecule has 0 saturated heterocycles. The Bertz CT molecular complexity index is 435. The maximum atomic E-state index is 5.88. The monoisotopic (exact) mass is 289 g/mol. The Morgan fingerprint density at radius 1 is 1.33 bits per heavy atom. The summed E-state index contributed by atoms with van der Waals surface area (Å²) < 4.78 is 5.88. The van der Waals surface area contributed by atoms with Gasteiger partial charge in [-0.2, -0.15) is 0 Å². The third kappa shape index (κ3) is 3.67. The van der Waals surface area contributed by atoms with Gasteiger partial charge in [0.2, 0.25) is 0 Å². The maximum absolute atomic E-state index is 5.88. The number of nitrogens with one attached hydrogen (secondary N) is 1. The van der Waals surface area contributed by atoms with Crippen molar-refractivity contribution in [2.24, 2.45) is 0 Å². The first kappa shape index (κ1) is 16.5. The van der Waals surface area contributed by atoms with Gasteiger partial charge in [0.1, 0.15) is 0 Å². The molecule has 2 unspecified atom stereocenters. The Morgan fingerprint density at radius 2 is 2.10 bits per heavy atom. The summed E-state index contributed by atoms with van der Waals surface area (Å²) in [4.78, 5) is 0. The minimum Gasteiger partial charge on any atom is -0.377 e. The van der Waals surface area contributed by atoms with Gasteiger partial charge >= 0.3 is 0 Å². The van der Waals surface area contributed by atoms with Crippen molar-refractivity contribution in [3.8, 4) is 0 Å². The predicted octanol–water partition coefficient (Wildman–Crippen LogP) is 4.81. The molecule has 0 aliphatic heterocycles. The summed E-state index contributed by atoms with van der Waals surface area (Å²) in [7, 11) is 1.83. The Hall–Kier alpha value is -0.860. The molecular weight excluding hydrogens is 258 g/mol. The molecule has 1 aromatic carbocycles. The van der Waals surface area contributed by atoms with Crippen molar-refractivity contribution in [2.75, 3.05) is 13.7 Å². The zero-order chi connectivity index (χ0) is 15.3. The summed E-state index contributed by atoms with van der Waals surface area (Å²) in [5, 5.41) is 3.71. The summed E-state index contributed by atoms with van der Waals surface area (Å²) in [6, 6.07) is 9.43. The minimum absolute atomic E-state index is 0.159. The largest absolute Gasteiger partial charge is 0.377 e. The molecule has 0 heterocycles. The van der Waals surface area contributed by atoms with Crippen LogP contribution in [0.3, 0.4) is 0 Å². The van der Waals surface area contributed by atoms with Gasteiger partial charge in [-0.3, -0.25) is 0 Å². The average Bonchev–Trinajstić information content (AvgIpc) is 2.46. The Morgan fingerprint density at radius 3 is 2.62 bits per heavy atom. The van der Waals surface area contributed by atoms with E-state index in [1.54, 1.807) is 0 Å². The van der Waals surface area contributed by atoms with E-state index in [2.05, 4.69) is 50.4 Å². The van der Waals surface area contributed by atoms with Gasteiger partial charge in [-0.25, -0.2) is 0 Å². The van der Waals surface area contributed by atoms with Crippen molar-refractivity contribution in [1.29, 1.82) is 0 Å². The van der Waals surface area contributed by atoms with Crippen LogP contribution in [0.2, 0.25) is 0 Å². The second-order valence-electron chi connectivity index (χ2n) is 6.56. The molecule has 0 spiro atoms. The van der Waals surface area contributed by atoms with E-state index in [9.17, 15) is 0 Å². The molecule has 0 bridgehead atoms. The molecule has 1 saturated carbocycles. The van der Waals surface area contributed by atoms with E-state index in [0.29, 0.717) is 0 Å². The van der Waals surface area contributed by atoms with Crippen molar-refractivity contribution in [3.63, 3.8) is 0 Å². The molecule has 1 N–H and O–H groups in total. The number of benzene rings is 1. The number of rotatable bonds is 8. The topological polar surface area (TPSA) is 21.3 Å². The van der Waals surface area contributed by atoms with E-state index in [1.807, 2.05) is 7.11 Å². The highest BCUT2D eigenvalue weighted by Gasteiger charge is 2.33. The average molecular weight is 289 g/mol. The normalized spacial score (nSPS) is 19.8. The quantitative estimate of drug-likeness (QED) is 0.741. The lowest BCUT2D eigenvalue weighted by Gasteiger charge is -2.37. The predicted molar refractivity (Wildman–Crippen MR) is 89.8 cm³/mol. The van der Waals surface area contributed by atoms with Crippen molar-refractivity contribution in [1.82, 2.24) is 5.32 Å². The number of ether oxygens (including phenoxy) is 1. The maximum Gasteiger partial charge on any atom is 0.0841 e. The van der Waals surface area contributed by atoms with E-state index >= 15 is 0 Å². The lowest BCUT2D eigenvalue weighted by molar-refractivity contribution is -0.0299. The molecule has 0 aromatic heterocycles. The Kier molecular flexibility index (Phi) is 5.83. The number of hydrogen-bond acceptors (Lipinski definition) is 2. The highest BCUT2D eigenvalue weighted by atomic mass is 16.5. The van der Waals surface area contributed by atoms with Gasteiger partial charge in [-0.15, -0.1) is 0 Å². The van der Waals surface area contributed by atoms with Crippen molar-refractivity contribution in [3.05, 3.63) is 35.4 Å². The van der Waals surface area contributed by atoms with E-state index in [0.717, 1.165) is 25.3 Å². The number of methoxy groups -OCH3 is 1. The van der Waals surface area contributed by atoms with E-state index in [-0.39, 0.29) is 11.6 Å². The molecule has 0 radical (unpaired) electrons. The van der Waals surface area contributed by atoms with Crippen molar-refractivity contribution >= 4 is 0 Å². The van der Waals surface area contributed by atoms with Crippen molar-refractivity contribution in [2.45, 2.75) is 70.4 Å². The molecule has 2 nitrogen and oxygen atoms in total. The van der Waals surface area contributed by atoms with Gasteiger partial charge < -0.3 is 10.1 Å². The first-order chi connectivity index (χ1) is 10.1. The van der Waals surface area contributed by atoms with Gasteiger partial charge in [0.05, 0.1) is 11.6 Å². The number of hydrogen-bond donors (Lipinski definition) is 1. The van der Waals surface area contributed by atoms with Crippen LogP contribution in [0.15, 0.2) is 24.3 Å². The molecule has 2 atom stereocenters. The zero-order valence-electron chi connectivity index (χ0n) is 14.1. The van der Waals surface area contributed by atoms with Crippen LogP contribution in [-0.2, 0) is 4.74 Å². The van der Waals surface area contributed by atoms with Gasteiger partial charge in [-0.1, -0.05) is 44.5 Å². The highest BCUT2D eigenvalue weighted by molar-refractivity contribution is 5.31. The van der Waals surface area contributed by atoms with Crippen molar-refractivity contribution < 1.29 is 4.74 Å². The molecule has 1 aliphatic rings. The smallest absolute Gasteiger partial charge is 0.0841 e. The van der Waals surface area contributed by atoms with E-state index in [1.165, 1.54) is 30.4 Å². The highest BCUT2D eigenvalue weighted by Crippen LogP contribution is 2.38. The van der Waals surface area contributed by atoms with Gasteiger partial charge in [-0.05, 0) is 56.2 Å². The van der Waals surface area contributed by atoms with Crippen LogP contribution in [0.25, 0.3) is 0 Å². The molecule has 1 fully saturated rings.